The summed E-state index contributed by atoms with van der Waals surface area (Å²) >= 11 is 0. The molecule has 2 heterocycles. The minimum atomic E-state index is -3.71. The van der Waals surface area contributed by atoms with Gasteiger partial charge in [0.25, 0.3) is 0 Å². The SMILES string of the molecule is Cn1c(=O)oc2cc(S(=O)(=O)NCCCC3CCS(=O)(=O)C3)ccc21. The van der Waals surface area contributed by atoms with Crippen molar-refractivity contribution in [2.24, 2.45) is 13.0 Å². The van der Waals surface area contributed by atoms with Crippen LogP contribution < -0.4 is 10.5 Å². The average molecular weight is 388 g/mol. The Bertz CT molecular complexity index is 1050. The van der Waals surface area contributed by atoms with Crippen molar-refractivity contribution in [3.8, 4) is 0 Å². The normalized spacial score (nSPS) is 20.3. The van der Waals surface area contributed by atoms with Gasteiger partial charge in [-0.05, 0) is 37.3 Å². The van der Waals surface area contributed by atoms with Crippen molar-refractivity contribution in [3.63, 3.8) is 0 Å². The number of nitrogens with zero attached hydrogens (tertiary/aromatic N) is 1. The maximum atomic E-state index is 12.3. The molecule has 0 bridgehead atoms. The number of aromatic nitrogens is 1. The van der Waals surface area contributed by atoms with Crippen molar-refractivity contribution < 1.29 is 21.3 Å². The molecule has 8 nitrogen and oxygen atoms in total. The van der Waals surface area contributed by atoms with Gasteiger partial charge in [0.1, 0.15) is 0 Å². The molecule has 0 spiro atoms. The maximum Gasteiger partial charge on any atom is 0.419 e. The molecule has 0 saturated carbocycles. The molecule has 1 saturated heterocycles. The van der Waals surface area contributed by atoms with E-state index >= 15 is 0 Å². The number of oxazole rings is 1. The second kappa shape index (κ2) is 6.58. The minimum absolute atomic E-state index is 0.0257. The summed E-state index contributed by atoms with van der Waals surface area (Å²) in [5, 5.41) is 0. The minimum Gasteiger partial charge on any atom is -0.408 e. The summed E-state index contributed by atoms with van der Waals surface area (Å²) in [6, 6.07) is 4.27. The van der Waals surface area contributed by atoms with Crippen LogP contribution in [0, 0.1) is 5.92 Å². The van der Waals surface area contributed by atoms with E-state index < -0.39 is 25.6 Å². The summed E-state index contributed by atoms with van der Waals surface area (Å²) in [6.07, 6.45) is 1.90. The van der Waals surface area contributed by atoms with Crippen LogP contribution in [0.2, 0.25) is 0 Å². The Morgan fingerprint density at radius 2 is 2.12 bits per heavy atom. The highest BCUT2D eigenvalue weighted by Crippen LogP contribution is 2.23. The molecule has 1 aromatic heterocycles. The first-order valence-corrected chi connectivity index (χ1v) is 11.3. The van der Waals surface area contributed by atoms with Crippen molar-refractivity contribution in [1.82, 2.24) is 9.29 Å². The van der Waals surface area contributed by atoms with Crippen molar-refractivity contribution in [2.75, 3.05) is 18.1 Å². The van der Waals surface area contributed by atoms with Gasteiger partial charge in [-0.3, -0.25) is 4.57 Å². The summed E-state index contributed by atoms with van der Waals surface area (Å²) < 4.78 is 56.3. The van der Waals surface area contributed by atoms with Gasteiger partial charge in [-0.15, -0.1) is 0 Å². The Balaban J connectivity index is 1.61. The number of sulfone groups is 1. The third-order valence-electron chi connectivity index (χ3n) is 4.48. The van der Waals surface area contributed by atoms with Gasteiger partial charge < -0.3 is 4.42 Å². The highest BCUT2D eigenvalue weighted by molar-refractivity contribution is 7.91. The summed E-state index contributed by atoms with van der Waals surface area (Å²) in [5.41, 5.74) is 0.734. The molecule has 10 heteroatoms. The van der Waals surface area contributed by atoms with Crippen molar-refractivity contribution >= 4 is 31.0 Å². The average Bonchev–Trinajstić information content (AvgIpc) is 3.03. The van der Waals surface area contributed by atoms with Gasteiger partial charge in [-0.25, -0.2) is 26.4 Å². The number of nitrogens with one attached hydrogen (secondary N) is 1. The van der Waals surface area contributed by atoms with E-state index in [1.807, 2.05) is 0 Å². The molecule has 1 N–H and O–H groups in total. The van der Waals surface area contributed by atoms with Crippen LogP contribution in [0.5, 0.6) is 0 Å². The van der Waals surface area contributed by atoms with Gasteiger partial charge in [0, 0.05) is 19.7 Å². The van der Waals surface area contributed by atoms with Crippen molar-refractivity contribution in [2.45, 2.75) is 24.2 Å². The molecule has 25 heavy (non-hydrogen) atoms. The first-order chi connectivity index (χ1) is 11.7. The van der Waals surface area contributed by atoms with E-state index in [2.05, 4.69) is 4.72 Å². The monoisotopic (exact) mass is 388 g/mol. The van der Waals surface area contributed by atoms with Crippen LogP contribution in [0.4, 0.5) is 0 Å². The topological polar surface area (TPSA) is 115 Å². The number of fused-ring (bicyclic) bond motifs is 1. The Morgan fingerprint density at radius 3 is 2.80 bits per heavy atom. The number of rotatable bonds is 6. The van der Waals surface area contributed by atoms with E-state index in [0.717, 1.165) is 0 Å². The van der Waals surface area contributed by atoms with Crippen LogP contribution in [-0.4, -0.2) is 39.5 Å². The molecule has 1 unspecified atom stereocenters. The van der Waals surface area contributed by atoms with Crippen LogP contribution in [0.25, 0.3) is 11.1 Å². The number of benzene rings is 1. The van der Waals surface area contributed by atoms with Gasteiger partial charge in [0.2, 0.25) is 10.0 Å². The lowest BCUT2D eigenvalue weighted by Crippen LogP contribution is -2.25. The van der Waals surface area contributed by atoms with E-state index in [0.29, 0.717) is 24.8 Å². The van der Waals surface area contributed by atoms with Crippen LogP contribution in [0.3, 0.4) is 0 Å². The Hall–Kier alpha value is -1.65. The fraction of sp³-hybridized carbons (Fsp3) is 0.533. The maximum absolute atomic E-state index is 12.3. The Morgan fingerprint density at radius 1 is 1.36 bits per heavy atom. The second-order valence-electron chi connectivity index (χ2n) is 6.37. The fourth-order valence-corrected chi connectivity index (χ4v) is 6.06. The molecular formula is C15H20N2O6S2. The first-order valence-electron chi connectivity index (χ1n) is 7.98. The molecule has 138 valence electrons. The Labute approximate surface area is 145 Å². The standard InChI is InChI=1S/C15H20N2O6S2/c1-17-13-5-4-12(9-14(13)23-15(17)18)25(21,22)16-7-2-3-11-6-8-24(19,20)10-11/h4-5,9,11,16H,2-3,6-8,10H2,1H3. The van der Waals surface area contributed by atoms with E-state index in [-0.39, 0.29) is 34.4 Å². The van der Waals surface area contributed by atoms with Gasteiger partial charge in [0.05, 0.1) is 21.9 Å². The first kappa shape index (κ1) is 18.2. The molecule has 2 aromatic rings. The number of hydrogen-bond acceptors (Lipinski definition) is 6. The zero-order chi connectivity index (χ0) is 18.2. The van der Waals surface area contributed by atoms with Crippen molar-refractivity contribution in [1.29, 1.82) is 0 Å². The molecule has 1 atom stereocenters. The van der Waals surface area contributed by atoms with E-state index in [1.54, 1.807) is 7.05 Å². The highest BCUT2D eigenvalue weighted by Gasteiger charge is 2.27. The second-order valence-corrected chi connectivity index (χ2v) is 10.4. The smallest absolute Gasteiger partial charge is 0.408 e. The number of aryl methyl sites for hydroxylation is 1. The van der Waals surface area contributed by atoms with Crippen molar-refractivity contribution in [3.05, 3.63) is 28.7 Å². The summed E-state index contributed by atoms with van der Waals surface area (Å²) in [4.78, 5) is 11.5. The van der Waals surface area contributed by atoms with E-state index in [9.17, 15) is 21.6 Å². The van der Waals surface area contributed by atoms with Gasteiger partial charge in [0.15, 0.2) is 15.4 Å². The lowest BCUT2D eigenvalue weighted by molar-refractivity contribution is 0.512. The number of sulfonamides is 1. The quantitative estimate of drug-likeness (QED) is 0.726. The fourth-order valence-electron chi connectivity index (χ4n) is 3.06. The molecule has 1 aliphatic rings. The molecule has 0 radical (unpaired) electrons. The van der Waals surface area contributed by atoms with Crippen LogP contribution >= 0.6 is 0 Å². The summed E-state index contributed by atoms with van der Waals surface area (Å²) in [6.45, 7) is 0.232. The van der Waals surface area contributed by atoms with E-state index in [4.69, 9.17) is 4.42 Å². The molecule has 3 rings (SSSR count). The van der Waals surface area contributed by atoms with Gasteiger partial charge >= 0.3 is 5.76 Å². The molecule has 1 aliphatic heterocycles. The summed E-state index contributed by atoms with van der Waals surface area (Å²) in [7, 11) is -5.07. The van der Waals surface area contributed by atoms with Crippen LogP contribution in [-0.2, 0) is 26.9 Å². The third-order valence-corrected chi connectivity index (χ3v) is 7.78. The third kappa shape index (κ3) is 3.96. The lowest BCUT2D eigenvalue weighted by atomic mass is 10.0. The molecule has 1 aromatic carbocycles. The molecule has 1 fully saturated rings. The predicted molar refractivity (Wildman–Crippen MR) is 92.6 cm³/mol. The molecule has 0 amide bonds. The van der Waals surface area contributed by atoms with Gasteiger partial charge in [-0.2, -0.15) is 0 Å². The largest absolute Gasteiger partial charge is 0.419 e. The summed E-state index contributed by atoms with van der Waals surface area (Å²) in [5.74, 6) is -0.0109. The van der Waals surface area contributed by atoms with E-state index in [1.165, 1.54) is 22.8 Å². The molecule has 0 aliphatic carbocycles. The van der Waals surface area contributed by atoms with Crippen LogP contribution in [0.15, 0.2) is 32.3 Å². The van der Waals surface area contributed by atoms with Gasteiger partial charge in [-0.1, -0.05) is 0 Å². The number of hydrogen-bond donors (Lipinski definition) is 1. The molecular weight excluding hydrogens is 368 g/mol. The zero-order valence-electron chi connectivity index (χ0n) is 13.8. The van der Waals surface area contributed by atoms with Crippen LogP contribution in [0.1, 0.15) is 19.3 Å². The zero-order valence-corrected chi connectivity index (χ0v) is 15.4. The predicted octanol–water partition coefficient (Wildman–Crippen LogP) is 0.625. The Kier molecular flexibility index (Phi) is 4.78. The highest BCUT2D eigenvalue weighted by atomic mass is 32.2. The lowest BCUT2D eigenvalue weighted by Gasteiger charge is -2.09.